The lowest BCUT2D eigenvalue weighted by molar-refractivity contribution is -0.120. The SMILES string of the molecule is O=C(Nc1ccccc1)c1ccc(NC(=O)[C@@H]2CSC(c3ccncc3)N2C(=O)OCc2ccccc2)cc1. The van der Waals surface area contributed by atoms with Crippen LogP contribution in [0.15, 0.2) is 109 Å². The lowest BCUT2D eigenvalue weighted by Crippen LogP contribution is -2.45. The van der Waals surface area contributed by atoms with Gasteiger partial charge in [-0.2, -0.15) is 0 Å². The van der Waals surface area contributed by atoms with Crippen LogP contribution in [-0.2, 0) is 16.1 Å². The van der Waals surface area contributed by atoms with Gasteiger partial charge in [-0.1, -0.05) is 48.5 Å². The zero-order chi connectivity index (χ0) is 27.0. The minimum absolute atomic E-state index is 0.102. The van der Waals surface area contributed by atoms with Gasteiger partial charge in [0.25, 0.3) is 5.91 Å². The topological polar surface area (TPSA) is 101 Å². The quantitative estimate of drug-likeness (QED) is 0.312. The Labute approximate surface area is 230 Å². The number of anilines is 2. The molecule has 39 heavy (non-hydrogen) atoms. The number of aromatic nitrogens is 1. The first-order chi connectivity index (χ1) is 19.1. The van der Waals surface area contributed by atoms with E-state index in [9.17, 15) is 14.4 Å². The number of hydrogen-bond donors (Lipinski definition) is 2. The Bertz CT molecular complexity index is 1420. The van der Waals surface area contributed by atoms with Crippen molar-refractivity contribution in [2.75, 3.05) is 16.4 Å². The summed E-state index contributed by atoms with van der Waals surface area (Å²) >= 11 is 1.49. The number of benzene rings is 3. The van der Waals surface area contributed by atoms with Crippen LogP contribution in [-0.4, -0.2) is 39.6 Å². The van der Waals surface area contributed by atoms with E-state index in [1.807, 2.05) is 72.8 Å². The van der Waals surface area contributed by atoms with E-state index < -0.39 is 17.5 Å². The van der Waals surface area contributed by atoms with Crippen LogP contribution in [0.2, 0.25) is 0 Å². The van der Waals surface area contributed by atoms with Gasteiger partial charge in [0, 0.05) is 35.1 Å². The summed E-state index contributed by atoms with van der Waals surface area (Å²) in [6, 6.07) is 28.1. The Balaban J connectivity index is 1.28. The minimum Gasteiger partial charge on any atom is -0.444 e. The highest BCUT2D eigenvalue weighted by Crippen LogP contribution is 2.42. The van der Waals surface area contributed by atoms with Crippen LogP contribution in [0.5, 0.6) is 0 Å². The first-order valence-corrected chi connectivity index (χ1v) is 13.4. The van der Waals surface area contributed by atoms with E-state index in [1.165, 1.54) is 16.7 Å². The Morgan fingerprint density at radius 1 is 0.821 bits per heavy atom. The third-order valence-corrected chi connectivity index (χ3v) is 7.48. The second-order valence-corrected chi connectivity index (χ2v) is 9.93. The van der Waals surface area contributed by atoms with Crippen LogP contribution in [0, 0.1) is 0 Å². The van der Waals surface area contributed by atoms with Crippen LogP contribution in [0.3, 0.4) is 0 Å². The number of carbonyl (C=O) groups excluding carboxylic acids is 3. The molecular formula is C30H26N4O4S. The van der Waals surface area contributed by atoms with Crippen molar-refractivity contribution in [2.24, 2.45) is 0 Å². The summed E-state index contributed by atoms with van der Waals surface area (Å²) < 4.78 is 5.62. The average molecular weight is 539 g/mol. The number of pyridine rings is 1. The molecule has 0 spiro atoms. The molecule has 1 aliphatic heterocycles. The van der Waals surface area contributed by atoms with Gasteiger partial charge in [-0.15, -0.1) is 11.8 Å². The molecular weight excluding hydrogens is 512 g/mol. The molecule has 0 bridgehead atoms. The first-order valence-electron chi connectivity index (χ1n) is 12.4. The monoisotopic (exact) mass is 538 g/mol. The summed E-state index contributed by atoms with van der Waals surface area (Å²) in [7, 11) is 0. The molecule has 1 saturated heterocycles. The first kappa shape index (κ1) is 26.0. The maximum absolute atomic E-state index is 13.4. The van der Waals surface area contributed by atoms with Crippen molar-refractivity contribution in [1.29, 1.82) is 0 Å². The van der Waals surface area contributed by atoms with E-state index in [4.69, 9.17) is 4.74 Å². The molecule has 1 fully saturated rings. The summed E-state index contributed by atoms with van der Waals surface area (Å²) in [5, 5.41) is 5.33. The van der Waals surface area contributed by atoms with Crippen LogP contribution < -0.4 is 10.6 Å². The third-order valence-electron chi connectivity index (χ3n) is 6.16. The van der Waals surface area contributed by atoms with E-state index >= 15 is 0 Å². The third kappa shape index (κ3) is 6.45. The van der Waals surface area contributed by atoms with Crippen molar-refractivity contribution in [3.8, 4) is 0 Å². The van der Waals surface area contributed by atoms with Gasteiger partial charge in [-0.3, -0.25) is 19.5 Å². The number of thioether (sulfide) groups is 1. The fourth-order valence-electron chi connectivity index (χ4n) is 4.17. The normalized spacial score (nSPS) is 16.4. The van der Waals surface area contributed by atoms with Gasteiger partial charge in [0.2, 0.25) is 5.91 Å². The van der Waals surface area contributed by atoms with Crippen molar-refractivity contribution < 1.29 is 19.1 Å². The van der Waals surface area contributed by atoms with E-state index in [0.29, 0.717) is 22.7 Å². The van der Waals surface area contributed by atoms with Crippen LogP contribution >= 0.6 is 11.8 Å². The Morgan fingerprint density at radius 2 is 1.46 bits per heavy atom. The molecule has 8 nitrogen and oxygen atoms in total. The summed E-state index contributed by atoms with van der Waals surface area (Å²) in [6.45, 7) is 0.102. The highest BCUT2D eigenvalue weighted by atomic mass is 32.2. The number of ether oxygens (including phenoxy) is 1. The predicted octanol–water partition coefficient (Wildman–Crippen LogP) is 5.73. The van der Waals surface area contributed by atoms with Crippen molar-refractivity contribution in [3.05, 3.63) is 126 Å². The number of amides is 3. The molecule has 2 N–H and O–H groups in total. The molecule has 5 rings (SSSR count). The van der Waals surface area contributed by atoms with Gasteiger partial charge in [0.15, 0.2) is 0 Å². The maximum Gasteiger partial charge on any atom is 0.412 e. The highest BCUT2D eigenvalue weighted by Gasteiger charge is 2.43. The summed E-state index contributed by atoms with van der Waals surface area (Å²) in [5.74, 6) is -0.187. The van der Waals surface area contributed by atoms with Gasteiger partial charge in [0.1, 0.15) is 18.0 Å². The molecule has 1 aliphatic rings. The molecule has 3 amide bonds. The van der Waals surface area contributed by atoms with Gasteiger partial charge in [0.05, 0.1) is 0 Å². The Kier molecular flexibility index (Phi) is 8.18. The van der Waals surface area contributed by atoms with E-state index in [0.717, 1.165) is 11.1 Å². The molecule has 9 heteroatoms. The number of carbonyl (C=O) groups is 3. The van der Waals surface area contributed by atoms with Crippen LogP contribution in [0.1, 0.15) is 26.9 Å². The van der Waals surface area contributed by atoms with Crippen LogP contribution in [0.4, 0.5) is 16.2 Å². The lowest BCUT2D eigenvalue weighted by atomic mass is 10.1. The molecule has 2 atom stereocenters. The Morgan fingerprint density at radius 3 is 2.15 bits per heavy atom. The van der Waals surface area contributed by atoms with Gasteiger partial charge < -0.3 is 15.4 Å². The van der Waals surface area contributed by atoms with Crippen molar-refractivity contribution in [3.63, 3.8) is 0 Å². The van der Waals surface area contributed by atoms with Gasteiger partial charge in [-0.05, 0) is 59.7 Å². The second-order valence-electron chi connectivity index (χ2n) is 8.82. The van der Waals surface area contributed by atoms with E-state index in [1.54, 1.807) is 36.7 Å². The standard InChI is InChI=1S/C30H26N4O4S/c35-27(32-24-9-5-2-6-10-24)22-11-13-25(14-12-22)33-28(36)26-20-39-29(23-15-17-31-18-16-23)34(26)30(37)38-19-21-7-3-1-4-8-21/h1-18,26,29H,19-20H2,(H,32,35)(H,33,36)/t26-,29?/m0/s1. The van der Waals surface area contributed by atoms with E-state index in [2.05, 4.69) is 15.6 Å². The molecule has 0 saturated carbocycles. The molecule has 0 radical (unpaired) electrons. The van der Waals surface area contributed by atoms with Crippen molar-refractivity contribution in [1.82, 2.24) is 9.88 Å². The molecule has 0 aliphatic carbocycles. The number of para-hydroxylation sites is 1. The zero-order valence-corrected chi connectivity index (χ0v) is 21.7. The average Bonchev–Trinajstić information content (AvgIpc) is 3.43. The summed E-state index contributed by atoms with van der Waals surface area (Å²) in [6.07, 6.45) is 2.75. The molecule has 3 aromatic carbocycles. The molecule has 4 aromatic rings. The fraction of sp³-hybridized carbons (Fsp3) is 0.133. The van der Waals surface area contributed by atoms with Gasteiger partial charge >= 0.3 is 6.09 Å². The van der Waals surface area contributed by atoms with Crippen LogP contribution in [0.25, 0.3) is 0 Å². The minimum atomic E-state index is -0.752. The van der Waals surface area contributed by atoms with E-state index in [-0.39, 0.29) is 18.4 Å². The number of rotatable bonds is 7. The van der Waals surface area contributed by atoms with Crippen molar-refractivity contribution >= 4 is 41.0 Å². The maximum atomic E-state index is 13.4. The van der Waals surface area contributed by atoms with Crippen molar-refractivity contribution in [2.45, 2.75) is 18.0 Å². The highest BCUT2D eigenvalue weighted by molar-refractivity contribution is 7.99. The second kappa shape index (κ2) is 12.3. The summed E-state index contributed by atoms with van der Waals surface area (Å²) in [5.41, 5.74) is 3.39. The largest absolute Gasteiger partial charge is 0.444 e. The molecule has 1 aromatic heterocycles. The van der Waals surface area contributed by atoms with Gasteiger partial charge in [-0.25, -0.2) is 4.79 Å². The molecule has 196 valence electrons. The zero-order valence-electron chi connectivity index (χ0n) is 20.9. The lowest BCUT2D eigenvalue weighted by Gasteiger charge is -2.28. The number of nitrogens with one attached hydrogen (secondary N) is 2. The fourth-order valence-corrected chi connectivity index (χ4v) is 5.59. The Hall–Kier alpha value is -4.63. The number of hydrogen-bond acceptors (Lipinski definition) is 6. The summed E-state index contributed by atoms with van der Waals surface area (Å²) in [4.78, 5) is 44.8. The molecule has 1 unspecified atom stereocenters. The smallest absolute Gasteiger partial charge is 0.412 e. The molecule has 2 heterocycles. The number of nitrogens with zero attached hydrogens (tertiary/aromatic N) is 2. The predicted molar refractivity (Wildman–Crippen MR) is 151 cm³/mol.